The van der Waals surface area contributed by atoms with Gasteiger partial charge in [-0.25, -0.2) is 18.7 Å². The van der Waals surface area contributed by atoms with Crippen LogP contribution in [0, 0.1) is 28.5 Å². The first-order valence-electron chi connectivity index (χ1n) is 10.6. The number of aromatic nitrogens is 5. The molecule has 0 unspecified atom stereocenters. The van der Waals surface area contributed by atoms with E-state index in [1.165, 1.54) is 30.1 Å². The van der Waals surface area contributed by atoms with E-state index >= 15 is 0 Å². The summed E-state index contributed by atoms with van der Waals surface area (Å²) in [7, 11) is 3.05. The van der Waals surface area contributed by atoms with Gasteiger partial charge in [0.05, 0.1) is 66.7 Å². The first kappa shape index (κ1) is 23.0. The topological polar surface area (TPSA) is 132 Å². The van der Waals surface area contributed by atoms with Crippen molar-refractivity contribution in [3.05, 3.63) is 69.1 Å². The molecule has 0 aliphatic carbocycles. The highest BCUT2D eigenvalue weighted by Gasteiger charge is 2.22. The Morgan fingerprint density at radius 3 is 2.72 bits per heavy atom. The largest absolute Gasteiger partial charge is 0.494 e. The van der Waals surface area contributed by atoms with Crippen LogP contribution in [0.15, 0.2) is 46.5 Å². The van der Waals surface area contributed by atoms with Crippen molar-refractivity contribution in [1.82, 2.24) is 23.7 Å². The molecule has 5 rings (SSSR count). The second-order valence-electron chi connectivity index (χ2n) is 7.83. The molecule has 0 N–H and O–H groups in total. The lowest BCUT2D eigenvalue weighted by atomic mass is 10.1. The van der Waals surface area contributed by atoms with Crippen LogP contribution >= 0.6 is 11.3 Å². The van der Waals surface area contributed by atoms with Gasteiger partial charge in [-0.1, -0.05) is 0 Å². The highest BCUT2D eigenvalue weighted by molar-refractivity contribution is 7.22. The van der Waals surface area contributed by atoms with Gasteiger partial charge >= 0.3 is 5.69 Å². The molecule has 0 radical (unpaired) electrons. The number of ether oxygens (including phenoxy) is 1. The van der Waals surface area contributed by atoms with Crippen LogP contribution in [0.25, 0.3) is 37.4 Å². The average Bonchev–Trinajstić information content (AvgIpc) is 3.49. The summed E-state index contributed by atoms with van der Waals surface area (Å²) in [5.74, 6) is -0.751. The number of aryl methyl sites for hydroxylation is 2. The van der Waals surface area contributed by atoms with Crippen molar-refractivity contribution >= 4 is 32.6 Å². The Labute approximate surface area is 206 Å². The zero-order chi connectivity index (χ0) is 25.6. The van der Waals surface area contributed by atoms with E-state index in [0.717, 1.165) is 22.0 Å². The molecule has 36 heavy (non-hydrogen) atoms. The maximum absolute atomic E-state index is 14.2. The quantitative estimate of drug-likeness (QED) is 0.361. The number of nitriles is 2. The molecule has 0 aliphatic heterocycles. The SMILES string of the molecule is COc1cc(-c2cc3c(s2)c(=O)n(-c2cncc4ncn(C)c24)c(=O)n3CCC#N)c(C#N)cc1F. The molecular weight excluding hydrogens is 485 g/mol. The number of methoxy groups -OCH3 is 1. The third kappa shape index (κ3) is 3.43. The van der Waals surface area contributed by atoms with Gasteiger partial charge < -0.3 is 9.30 Å². The number of benzene rings is 1. The van der Waals surface area contributed by atoms with Crippen LogP contribution in [0.2, 0.25) is 0 Å². The molecule has 0 bridgehead atoms. The van der Waals surface area contributed by atoms with E-state index in [-0.39, 0.29) is 34.7 Å². The number of nitrogens with zero attached hydrogens (tertiary/aromatic N) is 7. The minimum Gasteiger partial charge on any atom is -0.494 e. The summed E-state index contributed by atoms with van der Waals surface area (Å²) < 4.78 is 23.6. The number of halogens is 1. The van der Waals surface area contributed by atoms with E-state index in [0.29, 0.717) is 27.0 Å². The Balaban J connectivity index is 1.87. The molecule has 5 aromatic rings. The zero-order valence-corrected chi connectivity index (χ0v) is 19.8. The van der Waals surface area contributed by atoms with E-state index in [1.54, 1.807) is 24.0 Å². The molecule has 0 saturated carbocycles. The van der Waals surface area contributed by atoms with Crippen LogP contribution < -0.4 is 16.0 Å². The summed E-state index contributed by atoms with van der Waals surface area (Å²) in [6.07, 6.45) is 4.54. The Kier molecular flexibility index (Phi) is 5.59. The van der Waals surface area contributed by atoms with Crippen LogP contribution in [-0.4, -0.2) is 30.8 Å². The van der Waals surface area contributed by atoms with Crippen molar-refractivity contribution in [2.24, 2.45) is 7.05 Å². The van der Waals surface area contributed by atoms with Gasteiger partial charge in [0.15, 0.2) is 11.6 Å². The number of hydrogen-bond donors (Lipinski definition) is 0. The van der Waals surface area contributed by atoms with Gasteiger partial charge in [0, 0.05) is 24.0 Å². The van der Waals surface area contributed by atoms with Crippen molar-refractivity contribution in [3.63, 3.8) is 0 Å². The van der Waals surface area contributed by atoms with Crippen molar-refractivity contribution in [2.45, 2.75) is 13.0 Å². The fraction of sp³-hybridized carbons (Fsp3) is 0.167. The van der Waals surface area contributed by atoms with E-state index in [1.807, 2.05) is 12.1 Å². The van der Waals surface area contributed by atoms with Gasteiger partial charge in [-0.3, -0.25) is 14.3 Å². The normalized spacial score (nSPS) is 11.0. The number of thiophene rings is 1. The molecule has 10 nitrogen and oxygen atoms in total. The van der Waals surface area contributed by atoms with Gasteiger partial charge in [0.1, 0.15) is 10.2 Å². The Morgan fingerprint density at radius 2 is 2.00 bits per heavy atom. The first-order valence-corrected chi connectivity index (χ1v) is 11.4. The molecule has 1 aromatic carbocycles. The number of rotatable bonds is 5. The molecule has 0 aliphatic rings. The molecule has 0 amide bonds. The molecule has 0 atom stereocenters. The summed E-state index contributed by atoms with van der Waals surface area (Å²) in [6.45, 7) is 0.0366. The van der Waals surface area contributed by atoms with Gasteiger partial charge in [-0.15, -0.1) is 11.3 Å². The van der Waals surface area contributed by atoms with Gasteiger partial charge in [0.25, 0.3) is 5.56 Å². The third-order valence-corrected chi connectivity index (χ3v) is 6.94. The third-order valence-electron chi connectivity index (χ3n) is 5.79. The Morgan fingerprint density at radius 1 is 1.19 bits per heavy atom. The number of hydrogen-bond acceptors (Lipinski definition) is 8. The molecule has 0 fully saturated rings. The second-order valence-corrected chi connectivity index (χ2v) is 8.89. The van der Waals surface area contributed by atoms with Gasteiger partial charge in [0.2, 0.25) is 0 Å². The number of fused-ring (bicyclic) bond motifs is 2. The summed E-state index contributed by atoms with van der Waals surface area (Å²) in [6, 6.07) is 8.03. The Hall–Kier alpha value is -4.81. The lowest BCUT2D eigenvalue weighted by molar-refractivity contribution is 0.386. The first-order chi connectivity index (χ1) is 17.4. The van der Waals surface area contributed by atoms with E-state index in [9.17, 15) is 24.5 Å². The van der Waals surface area contributed by atoms with E-state index in [4.69, 9.17) is 4.74 Å². The predicted octanol–water partition coefficient (Wildman–Crippen LogP) is 3.10. The summed E-state index contributed by atoms with van der Waals surface area (Å²) in [5, 5.41) is 18.8. The number of pyridine rings is 1. The minimum absolute atomic E-state index is 0.0281. The molecular formula is C24H16FN7O3S. The molecule has 178 valence electrons. The van der Waals surface area contributed by atoms with Crippen molar-refractivity contribution < 1.29 is 9.13 Å². The second kappa shape index (κ2) is 8.76. The molecule has 4 aromatic heterocycles. The van der Waals surface area contributed by atoms with Gasteiger partial charge in [-0.05, 0) is 18.2 Å². The molecule has 0 spiro atoms. The highest BCUT2D eigenvalue weighted by Crippen LogP contribution is 2.36. The van der Waals surface area contributed by atoms with Crippen LogP contribution in [0.3, 0.4) is 0 Å². The van der Waals surface area contributed by atoms with E-state index in [2.05, 4.69) is 9.97 Å². The minimum atomic E-state index is -0.691. The van der Waals surface area contributed by atoms with Crippen LogP contribution in [0.5, 0.6) is 5.75 Å². The zero-order valence-electron chi connectivity index (χ0n) is 19.0. The summed E-state index contributed by atoms with van der Waals surface area (Å²) in [5.41, 5.74) is 0.811. The van der Waals surface area contributed by atoms with Crippen LogP contribution in [0.1, 0.15) is 12.0 Å². The number of imidazole rings is 1. The monoisotopic (exact) mass is 501 g/mol. The van der Waals surface area contributed by atoms with Crippen molar-refractivity contribution in [1.29, 1.82) is 10.5 Å². The van der Waals surface area contributed by atoms with E-state index < -0.39 is 17.1 Å². The standard InChI is InChI=1S/C24H16FN7O3S/c1-30-12-29-16-10-28-11-18(21(16)30)32-23(33)22-17(31(24(32)34)5-3-4-26)8-20(36-22)14-7-19(35-2)15(25)6-13(14)9-27/h6-8,10-12H,3,5H2,1-2H3. The molecule has 12 heteroatoms. The van der Waals surface area contributed by atoms with Gasteiger partial charge in [-0.2, -0.15) is 10.5 Å². The summed E-state index contributed by atoms with van der Waals surface area (Å²) in [4.78, 5) is 36.2. The maximum Gasteiger partial charge on any atom is 0.336 e. The fourth-order valence-electron chi connectivity index (χ4n) is 4.13. The smallest absolute Gasteiger partial charge is 0.336 e. The molecule has 0 saturated heterocycles. The lowest BCUT2D eigenvalue weighted by Gasteiger charge is -2.12. The lowest BCUT2D eigenvalue weighted by Crippen LogP contribution is -2.38. The maximum atomic E-state index is 14.2. The highest BCUT2D eigenvalue weighted by atomic mass is 32.1. The predicted molar refractivity (Wildman–Crippen MR) is 131 cm³/mol. The fourth-order valence-corrected chi connectivity index (χ4v) is 5.26. The van der Waals surface area contributed by atoms with Crippen molar-refractivity contribution in [3.8, 4) is 34.0 Å². The van der Waals surface area contributed by atoms with Crippen molar-refractivity contribution in [2.75, 3.05) is 7.11 Å². The average molecular weight is 502 g/mol. The van der Waals surface area contributed by atoms with Crippen LogP contribution in [0.4, 0.5) is 4.39 Å². The summed E-state index contributed by atoms with van der Waals surface area (Å²) >= 11 is 1.06. The van der Waals surface area contributed by atoms with Crippen LogP contribution in [-0.2, 0) is 13.6 Å². The Bertz CT molecular complexity index is 1890. The molecule has 4 heterocycles.